The van der Waals surface area contributed by atoms with E-state index in [2.05, 4.69) is 21.8 Å². The minimum Gasteiger partial charge on any atom is -0.316 e. The number of hydrogen-bond acceptors (Lipinski definition) is 3. The van der Waals surface area contributed by atoms with Crippen molar-refractivity contribution >= 4 is 11.0 Å². The summed E-state index contributed by atoms with van der Waals surface area (Å²) in [6.07, 6.45) is 2.06. The number of rotatable bonds is 2. The lowest BCUT2D eigenvalue weighted by molar-refractivity contribution is 0.255. The molecule has 2 aromatic rings. The van der Waals surface area contributed by atoms with Crippen LogP contribution in [0.5, 0.6) is 0 Å². The summed E-state index contributed by atoms with van der Waals surface area (Å²) < 4.78 is 0. The summed E-state index contributed by atoms with van der Waals surface area (Å²) in [5.41, 5.74) is 2.76. The van der Waals surface area contributed by atoms with Crippen molar-refractivity contribution in [1.29, 1.82) is 0 Å². The maximum atomic E-state index is 11.5. The Morgan fingerprint density at radius 3 is 2.79 bits per heavy atom. The van der Waals surface area contributed by atoms with Crippen LogP contribution in [0.2, 0.25) is 0 Å². The van der Waals surface area contributed by atoms with Crippen LogP contribution in [-0.4, -0.2) is 28.0 Å². The summed E-state index contributed by atoms with van der Waals surface area (Å²) >= 11 is 0. The van der Waals surface area contributed by atoms with Crippen LogP contribution in [0.3, 0.4) is 0 Å². The van der Waals surface area contributed by atoms with Crippen molar-refractivity contribution in [3.63, 3.8) is 0 Å². The molecule has 2 heterocycles. The van der Waals surface area contributed by atoms with Gasteiger partial charge < -0.3 is 9.97 Å². The molecule has 3 rings (SSSR count). The molecular weight excluding hydrogens is 242 g/mol. The first-order valence-electron chi connectivity index (χ1n) is 6.68. The molecule has 5 nitrogen and oxygen atoms in total. The third-order valence-electron chi connectivity index (χ3n) is 3.71. The van der Waals surface area contributed by atoms with Gasteiger partial charge in [-0.3, -0.25) is 14.5 Å². The normalized spacial score (nSPS) is 15.6. The molecule has 0 spiro atoms. The van der Waals surface area contributed by atoms with Gasteiger partial charge in [0.1, 0.15) is 0 Å². The van der Waals surface area contributed by atoms with E-state index in [0.29, 0.717) is 5.52 Å². The third-order valence-corrected chi connectivity index (χ3v) is 3.71. The third kappa shape index (κ3) is 2.10. The van der Waals surface area contributed by atoms with Crippen LogP contribution in [0.15, 0.2) is 21.7 Å². The number of nitrogens with zero attached hydrogens (tertiary/aromatic N) is 1. The molecule has 0 bridgehead atoms. The maximum Gasteiger partial charge on any atom is 0.314 e. The van der Waals surface area contributed by atoms with Gasteiger partial charge in [0.15, 0.2) is 0 Å². The Morgan fingerprint density at radius 1 is 1.21 bits per heavy atom. The van der Waals surface area contributed by atoms with Gasteiger partial charge in [0, 0.05) is 13.1 Å². The van der Waals surface area contributed by atoms with Crippen LogP contribution in [0.25, 0.3) is 11.0 Å². The average molecular weight is 259 g/mol. The predicted octanol–water partition coefficient (Wildman–Crippen LogP) is 0.984. The monoisotopic (exact) mass is 259 g/mol. The Morgan fingerprint density at radius 2 is 2.00 bits per heavy atom. The van der Waals surface area contributed by atoms with Crippen molar-refractivity contribution in [3.05, 3.63) is 44.0 Å². The van der Waals surface area contributed by atoms with Crippen LogP contribution >= 0.6 is 0 Å². The molecule has 0 aliphatic carbocycles. The van der Waals surface area contributed by atoms with E-state index in [1.807, 2.05) is 12.1 Å². The van der Waals surface area contributed by atoms with E-state index >= 15 is 0 Å². The number of nitrogens with one attached hydrogen (secondary N) is 2. The smallest absolute Gasteiger partial charge is 0.314 e. The molecule has 5 heteroatoms. The van der Waals surface area contributed by atoms with E-state index in [1.165, 1.54) is 11.1 Å². The Hall–Kier alpha value is -1.88. The molecule has 2 N–H and O–H groups in total. The number of H-pyrrole nitrogens is 2. The Labute approximate surface area is 110 Å². The van der Waals surface area contributed by atoms with Gasteiger partial charge in [0.2, 0.25) is 0 Å². The quantitative estimate of drug-likeness (QED) is 0.790. The molecule has 0 radical (unpaired) electrons. The Balaban J connectivity index is 2.12. The van der Waals surface area contributed by atoms with E-state index < -0.39 is 11.1 Å². The highest BCUT2D eigenvalue weighted by Crippen LogP contribution is 2.24. The van der Waals surface area contributed by atoms with Crippen molar-refractivity contribution in [3.8, 4) is 0 Å². The van der Waals surface area contributed by atoms with E-state index in [1.54, 1.807) is 0 Å². The highest BCUT2D eigenvalue weighted by Gasteiger charge is 2.18. The lowest BCUT2D eigenvalue weighted by Crippen LogP contribution is -2.33. The molecule has 19 heavy (non-hydrogen) atoms. The first kappa shape index (κ1) is 12.2. The van der Waals surface area contributed by atoms with Crippen molar-refractivity contribution in [2.45, 2.75) is 26.3 Å². The zero-order valence-corrected chi connectivity index (χ0v) is 11.0. The fourth-order valence-corrected chi connectivity index (χ4v) is 2.82. The van der Waals surface area contributed by atoms with Crippen molar-refractivity contribution in [1.82, 2.24) is 14.9 Å². The van der Waals surface area contributed by atoms with Gasteiger partial charge in [-0.1, -0.05) is 13.0 Å². The summed E-state index contributed by atoms with van der Waals surface area (Å²) in [4.78, 5) is 30.6. The molecule has 1 aliphatic rings. The zero-order chi connectivity index (χ0) is 13.4. The van der Waals surface area contributed by atoms with Gasteiger partial charge in [0.05, 0.1) is 11.0 Å². The summed E-state index contributed by atoms with van der Waals surface area (Å²) in [5.74, 6) is 0. The molecule has 1 aromatic heterocycles. The van der Waals surface area contributed by atoms with Gasteiger partial charge in [-0.2, -0.15) is 0 Å². The Kier molecular flexibility index (Phi) is 2.98. The van der Waals surface area contributed by atoms with Crippen LogP contribution < -0.4 is 11.1 Å². The second-order valence-corrected chi connectivity index (χ2v) is 5.06. The van der Waals surface area contributed by atoms with E-state index in [-0.39, 0.29) is 0 Å². The van der Waals surface area contributed by atoms with E-state index in [9.17, 15) is 9.59 Å². The van der Waals surface area contributed by atoms with Gasteiger partial charge >= 0.3 is 11.1 Å². The number of fused-ring (bicyclic) bond motifs is 3. The highest BCUT2D eigenvalue weighted by molar-refractivity contribution is 5.79. The minimum absolute atomic E-state index is 0.572. The van der Waals surface area contributed by atoms with Crippen molar-refractivity contribution < 1.29 is 0 Å². The molecule has 0 fully saturated rings. The fourth-order valence-electron chi connectivity index (χ4n) is 2.82. The van der Waals surface area contributed by atoms with Gasteiger partial charge in [-0.15, -0.1) is 0 Å². The molecule has 0 saturated heterocycles. The fraction of sp³-hybridized carbons (Fsp3) is 0.429. The van der Waals surface area contributed by atoms with E-state index in [0.717, 1.165) is 38.0 Å². The van der Waals surface area contributed by atoms with Gasteiger partial charge in [0.25, 0.3) is 0 Å². The average Bonchev–Trinajstić information content (AvgIpc) is 2.40. The summed E-state index contributed by atoms with van der Waals surface area (Å²) in [6, 6.07) is 3.93. The maximum absolute atomic E-state index is 11.5. The summed E-state index contributed by atoms with van der Waals surface area (Å²) in [7, 11) is 0. The second kappa shape index (κ2) is 4.66. The number of hydrogen-bond donors (Lipinski definition) is 2. The van der Waals surface area contributed by atoms with Crippen LogP contribution in [0, 0.1) is 0 Å². The molecule has 1 aromatic carbocycles. The standard InChI is InChI=1S/C14H17N3O2/c1-2-6-17-7-5-10-9(8-17)3-4-11-12(10)16-14(19)13(18)15-11/h3-4H,2,5-8H2,1H3,(H,15,18)(H,16,19). The predicted molar refractivity (Wildman–Crippen MR) is 74.5 cm³/mol. The van der Waals surface area contributed by atoms with Crippen molar-refractivity contribution in [2.75, 3.05) is 13.1 Å². The summed E-state index contributed by atoms with van der Waals surface area (Å²) in [5, 5.41) is 0. The first-order chi connectivity index (χ1) is 9.19. The molecule has 0 atom stereocenters. The van der Waals surface area contributed by atoms with Crippen LogP contribution in [0.4, 0.5) is 0 Å². The highest BCUT2D eigenvalue weighted by atomic mass is 16.2. The Bertz CT molecular complexity index is 730. The largest absolute Gasteiger partial charge is 0.316 e. The molecule has 0 saturated carbocycles. The molecule has 1 aliphatic heterocycles. The van der Waals surface area contributed by atoms with Crippen LogP contribution in [-0.2, 0) is 13.0 Å². The number of benzene rings is 1. The molecule has 0 unspecified atom stereocenters. The second-order valence-electron chi connectivity index (χ2n) is 5.06. The zero-order valence-electron chi connectivity index (χ0n) is 11.0. The minimum atomic E-state index is -0.587. The lowest BCUT2D eigenvalue weighted by Gasteiger charge is -2.28. The molecule has 100 valence electrons. The van der Waals surface area contributed by atoms with E-state index in [4.69, 9.17) is 0 Å². The molecular formula is C14H17N3O2. The van der Waals surface area contributed by atoms with Crippen LogP contribution in [0.1, 0.15) is 24.5 Å². The number of aromatic nitrogens is 2. The molecule has 0 amide bonds. The number of aromatic amines is 2. The lowest BCUT2D eigenvalue weighted by atomic mass is 9.98. The first-order valence-corrected chi connectivity index (χ1v) is 6.68. The van der Waals surface area contributed by atoms with Crippen molar-refractivity contribution in [2.24, 2.45) is 0 Å². The SMILES string of the molecule is CCCN1CCc2c(ccc3[nH]c(=O)c(=O)[nH]c23)C1. The van der Waals surface area contributed by atoms with Gasteiger partial charge in [-0.05, 0) is 36.6 Å². The topological polar surface area (TPSA) is 69.0 Å². The van der Waals surface area contributed by atoms with Gasteiger partial charge in [-0.25, -0.2) is 0 Å². The summed E-state index contributed by atoms with van der Waals surface area (Å²) in [6.45, 7) is 5.19.